The summed E-state index contributed by atoms with van der Waals surface area (Å²) in [5, 5.41) is 8.92. The number of aliphatic hydroxyl groups is 1. The van der Waals surface area contributed by atoms with Gasteiger partial charge in [-0.05, 0) is 25.0 Å². The van der Waals surface area contributed by atoms with Crippen LogP contribution in [0.2, 0.25) is 0 Å². The summed E-state index contributed by atoms with van der Waals surface area (Å²) in [5.41, 5.74) is 0. The maximum absolute atomic E-state index is 12.6. The fourth-order valence-corrected chi connectivity index (χ4v) is 5.65. The molecule has 0 radical (unpaired) electrons. The molecular formula is C14H23NO3S2. The van der Waals surface area contributed by atoms with Crippen LogP contribution in [0.1, 0.15) is 43.4 Å². The van der Waals surface area contributed by atoms with Gasteiger partial charge in [-0.15, -0.1) is 11.3 Å². The molecule has 1 fully saturated rings. The first-order chi connectivity index (χ1) is 9.55. The van der Waals surface area contributed by atoms with Crippen molar-refractivity contribution in [2.75, 3.05) is 13.7 Å². The number of thiophene rings is 1. The number of hydrogen-bond donors (Lipinski definition) is 1. The van der Waals surface area contributed by atoms with Gasteiger partial charge in [-0.2, -0.15) is 4.31 Å². The van der Waals surface area contributed by atoms with Gasteiger partial charge in [-0.1, -0.05) is 25.7 Å². The van der Waals surface area contributed by atoms with E-state index in [0.29, 0.717) is 10.6 Å². The fourth-order valence-electron chi connectivity index (χ4n) is 2.70. The number of sulfonamides is 1. The molecule has 0 spiro atoms. The first-order valence-electron chi connectivity index (χ1n) is 7.23. The van der Waals surface area contributed by atoms with Crippen molar-refractivity contribution in [2.24, 2.45) is 0 Å². The van der Waals surface area contributed by atoms with Gasteiger partial charge in [-0.25, -0.2) is 8.42 Å². The zero-order valence-electron chi connectivity index (χ0n) is 11.9. The zero-order valence-corrected chi connectivity index (χ0v) is 13.5. The minimum atomic E-state index is -3.38. The van der Waals surface area contributed by atoms with Crippen molar-refractivity contribution in [1.29, 1.82) is 0 Å². The molecule has 6 heteroatoms. The highest BCUT2D eigenvalue weighted by Gasteiger charge is 2.29. The molecule has 4 nitrogen and oxygen atoms in total. The third-order valence-electron chi connectivity index (χ3n) is 3.97. The number of aliphatic hydroxyl groups excluding tert-OH is 1. The van der Waals surface area contributed by atoms with Crippen LogP contribution in [-0.4, -0.2) is 37.5 Å². The molecule has 0 unspecified atom stereocenters. The summed E-state index contributed by atoms with van der Waals surface area (Å²) < 4.78 is 27.2. The number of rotatable bonds is 5. The molecule has 20 heavy (non-hydrogen) atoms. The second-order valence-electron chi connectivity index (χ2n) is 5.36. The highest BCUT2D eigenvalue weighted by molar-refractivity contribution is 7.91. The van der Waals surface area contributed by atoms with Crippen LogP contribution in [0.4, 0.5) is 0 Å². The van der Waals surface area contributed by atoms with E-state index >= 15 is 0 Å². The lowest BCUT2D eigenvalue weighted by atomic mass is 10.1. The van der Waals surface area contributed by atoms with Crippen molar-refractivity contribution in [3.63, 3.8) is 0 Å². The first kappa shape index (κ1) is 15.9. The van der Waals surface area contributed by atoms with Gasteiger partial charge in [-0.3, -0.25) is 0 Å². The molecule has 1 aromatic heterocycles. The van der Waals surface area contributed by atoms with Crippen LogP contribution in [0.3, 0.4) is 0 Å². The monoisotopic (exact) mass is 317 g/mol. The van der Waals surface area contributed by atoms with Crippen molar-refractivity contribution in [3.05, 3.63) is 17.0 Å². The molecule has 0 aliphatic heterocycles. The lowest BCUT2D eigenvalue weighted by Gasteiger charge is -2.25. The molecule has 114 valence electrons. The standard InChI is InChI=1S/C14H23NO3S2/c1-15(12-6-4-2-3-5-7-12)20(17,18)14-9-8-13(19-14)10-11-16/h8-9,12,16H,2-7,10-11H2,1H3. The van der Waals surface area contributed by atoms with E-state index in [4.69, 9.17) is 5.11 Å². The van der Waals surface area contributed by atoms with Crippen molar-refractivity contribution in [2.45, 2.75) is 55.2 Å². The van der Waals surface area contributed by atoms with Crippen molar-refractivity contribution >= 4 is 21.4 Å². The quantitative estimate of drug-likeness (QED) is 0.849. The summed E-state index contributed by atoms with van der Waals surface area (Å²) in [6, 6.07) is 3.60. The van der Waals surface area contributed by atoms with Gasteiger partial charge < -0.3 is 5.11 Å². The minimum Gasteiger partial charge on any atom is -0.396 e. The molecular weight excluding hydrogens is 294 g/mol. The summed E-state index contributed by atoms with van der Waals surface area (Å²) in [7, 11) is -1.68. The Hall–Kier alpha value is -0.430. The Morgan fingerprint density at radius 2 is 1.90 bits per heavy atom. The van der Waals surface area contributed by atoms with Crippen LogP contribution in [0.5, 0.6) is 0 Å². The lowest BCUT2D eigenvalue weighted by Crippen LogP contribution is -2.36. The summed E-state index contributed by atoms with van der Waals surface area (Å²) in [4.78, 5) is 0.917. The molecule has 0 amide bonds. The summed E-state index contributed by atoms with van der Waals surface area (Å²) in [6.45, 7) is 0.0540. The van der Waals surface area contributed by atoms with Crippen LogP contribution in [0.15, 0.2) is 16.3 Å². The van der Waals surface area contributed by atoms with Gasteiger partial charge in [0.2, 0.25) is 0 Å². The maximum Gasteiger partial charge on any atom is 0.252 e. The second kappa shape index (κ2) is 7.02. The van der Waals surface area contributed by atoms with Gasteiger partial charge in [0.05, 0.1) is 0 Å². The zero-order chi connectivity index (χ0) is 14.6. The summed E-state index contributed by atoms with van der Waals surface area (Å²) in [6.07, 6.45) is 7.10. The maximum atomic E-state index is 12.6. The molecule has 1 aromatic rings. The summed E-state index contributed by atoms with van der Waals surface area (Å²) >= 11 is 1.27. The highest BCUT2D eigenvalue weighted by atomic mass is 32.2. The molecule has 0 saturated heterocycles. The smallest absolute Gasteiger partial charge is 0.252 e. The average Bonchev–Trinajstić information content (AvgIpc) is 2.74. The normalized spacial score (nSPS) is 18.4. The molecule has 0 atom stereocenters. The predicted octanol–water partition coefficient (Wildman–Crippen LogP) is 2.63. The largest absolute Gasteiger partial charge is 0.396 e. The van der Waals surface area contributed by atoms with Crippen molar-refractivity contribution in [3.8, 4) is 0 Å². The third-order valence-corrected chi connectivity index (χ3v) is 7.49. The number of hydrogen-bond acceptors (Lipinski definition) is 4. The molecule has 1 saturated carbocycles. The SMILES string of the molecule is CN(C1CCCCCC1)S(=O)(=O)c1ccc(CCO)s1. The van der Waals surface area contributed by atoms with Gasteiger partial charge in [0, 0.05) is 31.0 Å². The van der Waals surface area contributed by atoms with E-state index in [0.717, 1.165) is 30.6 Å². The van der Waals surface area contributed by atoms with Crippen LogP contribution < -0.4 is 0 Å². The van der Waals surface area contributed by atoms with E-state index in [1.807, 2.05) is 0 Å². The highest BCUT2D eigenvalue weighted by Crippen LogP contribution is 2.29. The number of nitrogens with zero attached hydrogens (tertiary/aromatic N) is 1. The lowest BCUT2D eigenvalue weighted by molar-refractivity contribution is 0.300. The second-order valence-corrected chi connectivity index (χ2v) is 8.75. The Morgan fingerprint density at radius 3 is 2.50 bits per heavy atom. The Labute approximate surface area is 125 Å². The molecule has 1 aliphatic rings. The molecule has 0 bridgehead atoms. The Kier molecular flexibility index (Phi) is 5.60. The van der Waals surface area contributed by atoms with Gasteiger partial charge >= 0.3 is 0 Å². The van der Waals surface area contributed by atoms with Crippen LogP contribution >= 0.6 is 11.3 Å². The Balaban J connectivity index is 2.14. The van der Waals surface area contributed by atoms with Crippen molar-refractivity contribution in [1.82, 2.24) is 4.31 Å². The molecule has 1 N–H and O–H groups in total. The van der Waals surface area contributed by atoms with Gasteiger partial charge in [0.15, 0.2) is 0 Å². The predicted molar refractivity (Wildman–Crippen MR) is 81.5 cm³/mol. The minimum absolute atomic E-state index is 0.0540. The first-order valence-corrected chi connectivity index (χ1v) is 9.49. The van der Waals surface area contributed by atoms with Crippen molar-refractivity contribution < 1.29 is 13.5 Å². The van der Waals surface area contributed by atoms with Gasteiger partial charge in [0.1, 0.15) is 4.21 Å². The van der Waals surface area contributed by atoms with E-state index in [1.54, 1.807) is 23.5 Å². The topological polar surface area (TPSA) is 57.6 Å². The third kappa shape index (κ3) is 3.61. The molecule has 1 aliphatic carbocycles. The fraction of sp³-hybridized carbons (Fsp3) is 0.714. The molecule has 0 aromatic carbocycles. The van der Waals surface area contributed by atoms with Crippen LogP contribution in [0.25, 0.3) is 0 Å². The van der Waals surface area contributed by atoms with E-state index in [1.165, 1.54) is 24.2 Å². The van der Waals surface area contributed by atoms with E-state index < -0.39 is 10.0 Å². The Bertz CT molecular complexity index is 516. The van der Waals surface area contributed by atoms with E-state index in [2.05, 4.69) is 0 Å². The molecule has 1 heterocycles. The molecule has 2 rings (SSSR count). The van der Waals surface area contributed by atoms with Gasteiger partial charge in [0.25, 0.3) is 10.0 Å². The van der Waals surface area contributed by atoms with E-state index in [9.17, 15) is 8.42 Å². The van der Waals surface area contributed by atoms with E-state index in [-0.39, 0.29) is 12.6 Å². The average molecular weight is 317 g/mol. The summed E-state index contributed by atoms with van der Waals surface area (Å²) in [5.74, 6) is 0. The van der Waals surface area contributed by atoms with Crippen LogP contribution in [-0.2, 0) is 16.4 Å². The Morgan fingerprint density at radius 1 is 1.25 bits per heavy atom. The van der Waals surface area contributed by atoms with Crippen LogP contribution in [0, 0.1) is 0 Å².